The summed E-state index contributed by atoms with van der Waals surface area (Å²) in [6.45, 7) is 7.55. The summed E-state index contributed by atoms with van der Waals surface area (Å²) in [5.74, 6) is 0.113. The van der Waals surface area contributed by atoms with E-state index in [-0.39, 0.29) is 18.6 Å². The van der Waals surface area contributed by atoms with E-state index < -0.39 is 0 Å². The molecule has 92 valence electrons. The van der Waals surface area contributed by atoms with Crippen molar-refractivity contribution < 1.29 is 9.90 Å². The topological polar surface area (TPSA) is 61.7 Å². The second-order valence-corrected chi connectivity index (χ2v) is 3.89. The van der Waals surface area contributed by atoms with Crippen LogP contribution < -0.4 is 5.32 Å². The summed E-state index contributed by atoms with van der Waals surface area (Å²) in [5, 5.41) is 11.5. The monoisotopic (exact) mass is 226 g/mol. The van der Waals surface area contributed by atoms with Gasteiger partial charge in [0.25, 0.3) is 5.91 Å². The van der Waals surface area contributed by atoms with Gasteiger partial charge in [-0.15, -0.1) is 0 Å². The number of hydrogen-bond acceptors (Lipinski definition) is 3. The largest absolute Gasteiger partial charge is 0.394 e. The van der Waals surface area contributed by atoms with Gasteiger partial charge in [0.15, 0.2) is 0 Å². The maximum atomic E-state index is 11.6. The molecule has 0 aliphatic heterocycles. The molecule has 2 N–H and O–H groups in total. The SMILES string of the molecule is C/C=C(\N=CC(C)CC)C(=O)NC(C)CO. The van der Waals surface area contributed by atoms with E-state index in [2.05, 4.69) is 17.2 Å². The molecule has 0 aliphatic carbocycles. The molecule has 4 heteroatoms. The molecule has 0 saturated carbocycles. The van der Waals surface area contributed by atoms with Gasteiger partial charge in [0, 0.05) is 12.3 Å². The van der Waals surface area contributed by atoms with Crippen molar-refractivity contribution >= 4 is 12.1 Å². The molecule has 1 amide bonds. The second kappa shape index (κ2) is 8.05. The van der Waals surface area contributed by atoms with Crippen LogP contribution >= 0.6 is 0 Å². The number of rotatable bonds is 6. The van der Waals surface area contributed by atoms with E-state index in [1.165, 1.54) is 0 Å². The minimum Gasteiger partial charge on any atom is -0.394 e. The standard InChI is InChI=1S/C12H22N2O2/c1-5-9(3)7-13-11(6-2)12(16)14-10(4)8-15/h6-7,9-10,15H,5,8H2,1-4H3,(H,14,16)/b11-6-,13-7?. The zero-order valence-corrected chi connectivity index (χ0v) is 10.5. The molecule has 4 nitrogen and oxygen atoms in total. The van der Waals surface area contributed by atoms with Crippen molar-refractivity contribution in [2.24, 2.45) is 10.9 Å². The Hall–Kier alpha value is -1.16. The van der Waals surface area contributed by atoms with Gasteiger partial charge in [-0.25, -0.2) is 0 Å². The number of amides is 1. The zero-order valence-electron chi connectivity index (χ0n) is 10.5. The molecule has 0 aromatic heterocycles. The molecule has 0 heterocycles. The van der Waals surface area contributed by atoms with E-state index >= 15 is 0 Å². The molecule has 2 atom stereocenters. The summed E-state index contributed by atoms with van der Waals surface area (Å²) in [6, 6.07) is -0.249. The summed E-state index contributed by atoms with van der Waals surface area (Å²) in [5.41, 5.74) is 0.389. The van der Waals surface area contributed by atoms with Gasteiger partial charge in [-0.05, 0) is 26.2 Å². The maximum absolute atomic E-state index is 11.6. The summed E-state index contributed by atoms with van der Waals surface area (Å²) in [7, 11) is 0. The molecular weight excluding hydrogens is 204 g/mol. The van der Waals surface area contributed by atoms with Crippen molar-refractivity contribution in [3.63, 3.8) is 0 Å². The highest BCUT2D eigenvalue weighted by molar-refractivity contribution is 5.94. The van der Waals surface area contributed by atoms with Crippen molar-refractivity contribution in [1.29, 1.82) is 0 Å². The van der Waals surface area contributed by atoms with Gasteiger partial charge in [-0.1, -0.05) is 19.9 Å². The van der Waals surface area contributed by atoms with Gasteiger partial charge in [0.05, 0.1) is 6.61 Å². The highest BCUT2D eigenvalue weighted by Gasteiger charge is 2.09. The van der Waals surface area contributed by atoms with E-state index in [1.807, 2.05) is 6.92 Å². The van der Waals surface area contributed by atoms with Crippen LogP contribution in [0.15, 0.2) is 16.8 Å². The first-order chi connectivity index (χ1) is 7.54. The highest BCUT2D eigenvalue weighted by atomic mass is 16.3. The average Bonchev–Trinajstić information content (AvgIpc) is 2.29. The van der Waals surface area contributed by atoms with E-state index in [9.17, 15) is 4.79 Å². The average molecular weight is 226 g/mol. The molecule has 0 aromatic carbocycles. The van der Waals surface area contributed by atoms with E-state index in [0.29, 0.717) is 11.6 Å². The summed E-state index contributed by atoms with van der Waals surface area (Å²) in [4.78, 5) is 15.8. The predicted molar refractivity (Wildman–Crippen MR) is 66.4 cm³/mol. The number of aliphatic hydroxyl groups excluding tert-OH is 1. The van der Waals surface area contributed by atoms with Crippen LogP contribution in [0.3, 0.4) is 0 Å². The first kappa shape index (κ1) is 14.8. The Kier molecular flexibility index (Phi) is 7.46. The van der Waals surface area contributed by atoms with Gasteiger partial charge < -0.3 is 10.4 Å². The van der Waals surface area contributed by atoms with Crippen LogP contribution in [0.5, 0.6) is 0 Å². The van der Waals surface area contributed by atoms with Crippen molar-refractivity contribution in [2.75, 3.05) is 6.61 Å². The Morgan fingerprint density at radius 3 is 2.56 bits per heavy atom. The summed E-state index contributed by atoms with van der Waals surface area (Å²) < 4.78 is 0. The minimum absolute atomic E-state index is 0.0716. The lowest BCUT2D eigenvalue weighted by Gasteiger charge is -2.10. The van der Waals surface area contributed by atoms with Crippen LogP contribution in [-0.4, -0.2) is 29.9 Å². The molecule has 16 heavy (non-hydrogen) atoms. The number of aliphatic hydroxyl groups is 1. The van der Waals surface area contributed by atoms with Crippen molar-refractivity contribution in [1.82, 2.24) is 5.32 Å². The number of aliphatic imine (C=N–C) groups is 1. The second-order valence-electron chi connectivity index (χ2n) is 3.89. The third-order valence-corrected chi connectivity index (χ3v) is 2.27. The third-order valence-electron chi connectivity index (χ3n) is 2.27. The van der Waals surface area contributed by atoms with Gasteiger partial charge in [0.2, 0.25) is 0 Å². The van der Waals surface area contributed by atoms with Gasteiger partial charge in [-0.2, -0.15) is 0 Å². The lowest BCUT2D eigenvalue weighted by Crippen LogP contribution is -2.35. The fourth-order valence-corrected chi connectivity index (χ4v) is 0.921. The van der Waals surface area contributed by atoms with Crippen LogP contribution in [0.1, 0.15) is 34.1 Å². The molecular formula is C12H22N2O2. The molecule has 0 rings (SSSR count). The van der Waals surface area contributed by atoms with Gasteiger partial charge >= 0.3 is 0 Å². The number of carbonyl (C=O) groups is 1. The number of nitrogens with zero attached hydrogens (tertiary/aromatic N) is 1. The molecule has 2 unspecified atom stereocenters. The first-order valence-electron chi connectivity index (χ1n) is 5.67. The van der Waals surface area contributed by atoms with E-state index in [1.54, 1.807) is 26.1 Å². The van der Waals surface area contributed by atoms with Gasteiger partial charge in [0.1, 0.15) is 5.70 Å². The van der Waals surface area contributed by atoms with E-state index in [4.69, 9.17) is 5.11 Å². The zero-order chi connectivity index (χ0) is 12.6. The number of nitrogens with one attached hydrogen (secondary N) is 1. The molecule has 0 fully saturated rings. The van der Waals surface area contributed by atoms with Gasteiger partial charge in [-0.3, -0.25) is 9.79 Å². The smallest absolute Gasteiger partial charge is 0.269 e. The Morgan fingerprint density at radius 1 is 1.50 bits per heavy atom. The normalized spacial score (nSPS) is 16.2. The molecule has 0 spiro atoms. The predicted octanol–water partition coefficient (Wildman–Crippen LogP) is 1.50. The van der Waals surface area contributed by atoms with Crippen molar-refractivity contribution in [3.8, 4) is 0 Å². The lowest BCUT2D eigenvalue weighted by atomic mass is 10.1. The van der Waals surface area contributed by atoms with Crippen LogP contribution in [0.25, 0.3) is 0 Å². The van der Waals surface area contributed by atoms with Crippen LogP contribution in [-0.2, 0) is 4.79 Å². The van der Waals surface area contributed by atoms with Crippen LogP contribution in [0, 0.1) is 5.92 Å². The maximum Gasteiger partial charge on any atom is 0.269 e. The fourth-order valence-electron chi connectivity index (χ4n) is 0.921. The van der Waals surface area contributed by atoms with E-state index in [0.717, 1.165) is 6.42 Å². The number of hydrogen-bond donors (Lipinski definition) is 2. The molecule has 0 saturated heterocycles. The van der Waals surface area contributed by atoms with Crippen LogP contribution in [0.2, 0.25) is 0 Å². The summed E-state index contributed by atoms with van der Waals surface area (Å²) >= 11 is 0. The highest BCUT2D eigenvalue weighted by Crippen LogP contribution is 2.01. The fraction of sp³-hybridized carbons (Fsp3) is 0.667. The molecule has 0 aromatic rings. The Labute approximate surface area is 97.5 Å². The number of carbonyl (C=O) groups excluding carboxylic acids is 1. The first-order valence-corrected chi connectivity index (χ1v) is 5.67. The minimum atomic E-state index is -0.249. The lowest BCUT2D eigenvalue weighted by molar-refractivity contribution is -0.118. The number of allylic oxidation sites excluding steroid dienone is 1. The third kappa shape index (κ3) is 5.66. The van der Waals surface area contributed by atoms with Crippen molar-refractivity contribution in [2.45, 2.75) is 40.2 Å². The molecule has 0 aliphatic rings. The summed E-state index contributed by atoms with van der Waals surface area (Å²) in [6.07, 6.45) is 4.44. The Balaban J connectivity index is 4.40. The molecule has 0 bridgehead atoms. The molecule has 0 radical (unpaired) electrons. The quantitative estimate of drug-likeness (QED) is 0.532. The Bertz CT molecular complexity index is 272. The Morgan fingerprint density at radius 2 is 2.12 bits per heavy atom. The van der Waals surface area contributed by atoms with Crippen molar-refractivity contribution in [3.05, 3.63) is 11.8 Å². The van der Waals surface area contributed by atoms with Crippen LogP contribution in [0.4, 0.5) is 0 Å².